The molecule has 2 N–H and O–H groups in total. The average molecular weight is 189 g/mol. The maximum absolute atomic E-state index is 5.67. The molecule has 0 aliphatic heterocycles. The Bertz CT molecular complexity index is 440. The number of nitrogens with zero attached hydrogens (tertiary/aromatic N) is 4. The largest absolute Gasteiger partial charge is 0.384 e. The number of aryl methyl sites for hydroxylation is 2. The van der Waals surface area contributed by atoms with Crippen LogP contribution >= 0.6 is 0 Å². The van der Waals surface area contributed by atoms with Crippen molar-refractivity contribution in [2.45, 2.75) is 6.92 Å². The molecule has 0 amide bonds. The number of nitrogens with two attached hydrogens (primary N) is 1. The second-order valence-electron chi connectivity index (χ2n) is 3.07. The number of aromatic nitrogens is 4. The van der Waals surface area contributed by atoms with Crippen LogP contribution in [-0.2, 0) is 7.05 Å². The average Bonchev–Trinajstić information content (AvgIpc) is 2.47. The van der Waals surface area contributed by atoms with E-state index in [9.17, 15) is 0 Å². The molecule has 0 aliphatic rings. The highest BCUT2D eigenvalue weighted by Crippen LogP contribution is 2.16. The lowest BCUT2D eigenvalue weighted by molar-refractivity contribution is 0.781. The molecule has 2 aromatic rings. The Labute approximate surface area is 81.6 Å². The molecule has 0 spiro atoms. The van der Waals surface area contributed by atoms with Gasteiger partial charge >= 0.3 is 0 Å². The van der Waals surface area contributed by atoms with Gasteiger partial charge < -0.3 is 5.73 Å². The summed E-state index contributed by atoms with van der Waals surface area (Å²) in [5.41, 5.74) is 7.24. The summed E-state index contributed by atoms with van der Waals surface area (Å²) < 4.78 is 1.62. The number of anilines is 1. The lowest BCUT2D eigenvalue weighted by Gasteiger charge is -1.95. The van der Waals surface area contributed by atoms with Gasteiger partial charge in [0, 0.05) is 19.3 Å². The van der Waals surface area contributed by atoms with Gasteiger partial charge in [0.15, 0.2) is 0 Å². The second-order valence-corrected chi connectivity index (χ2v) is 3.07. The summed E-state index contributed by atoms with van der Waals surface area (Å²) in [6.07, 6.45) is 1.71. The SMILES string of the molecule is Cc1nccc(-c2cc(N)n(C)n2)n1. The van der Waals surface area contributed by atoms with Crippen LogP contribution in [0.25, 0.3) is 11.4 Å². The zero-order valence-corrected chi connectivity index (χ0v) is 8.10. The quantitative estimate of drug-likeness (QED) is 0.719. The molecule has 0 unspecified atom stereocenters. The van der Waals surface area contributed by atoms with E-state index in [0.29, 0.717) is 5.82 Å². The van der Waals surface area contributed by atoms with Gasteiger partial charge in [-0.1, -0.05) is 0 Å². The van der Waals surface area contributed by atoms with E-state index >= 15 is 0 Å². The lowest BCUT2D eigenvalue weighted by Crippen LogP contribution is -1.97. The standard InChI is InChI=1S/C9H11N5/c1-6-11-4-3-7(12-6)8-5-9(10)14(2)13-8/h3-5H,10H2,1-2H3. The highest BCUT2D eigenvalue weighted by Gasteiger charge is 2.05. The molecule has 0 aromatic carbocycles. The normalized spacial score (nSPS) is 10.4. The lowest BCUT2D eigenvalue weighted by atomic mass is 10.3. The number of hydrogen-bond acceptors (Lipinski definition) is 4. The van der Waals surface area contributed by atoms with Crippen LogP contribution < -0.4 is 5.73 Å². The third kappa shape index (κ3) is 1.44. The van der Waals surface area contributed by atoms with Gasteiger partial charge in [-0.05, 0) is 13.0 Å². The summed E-state index contributed by atoms with van der Waals surface area (Å²) in [4.78, 5) is 8.27. The Balaban J connectivity index is 2.49. The van der Waals surface area contributed by atoms with Gasteiger partial charge in [0.2, 0.25) is 0 Å². The molecule has 0 radical (unpaired) electrons. The van der Waals surface area contributed by atoms with Gasteiger partial charge in [-0.2, -0.15) is 5.10 Å². The van der Waals surface area contributed by atoms with Crippen LogP contribution in [0.5, 0.6) is 0 Å². The van der Waals surface area contributed by atoms with E-state index in [4.69, 9.17) is 5.73 Å². The third-order valence-corrected chi connectivity index (χ3v) is 1.95. The Kier molecular flexibility index (Phi) is 1.92. The van der Waals surface area contributed by atoms with Crippen molar-refractivity contribution >= 4 is 5.82 Å². The van der Waals surface area contributed by atoms with Crippen LogP contribution in [0.2, 0.25) is 0 Å². The van der Waals surface area contributed by atoms with Gasteiger partial charge in [-0.15, -0.1) is 0 Å². The molecular weight excluding hydrogens is 178 g/mol. The first-order valence-corrected chi connectivity index (χ1v) is 4.26. The fourth-order valence-corrected chi connectivity index (χ4v) is 1.21. The Hall–Kier alpha value is -1.91. The van der Waals surface area contributed by atoms with Gasteiger partial charge in [0.1, 0.15) is 17.3 Å². The van der Waals surface area contributed by atoms with E-state index in [0.717, 1.165) is 17.2 Å². The molecule has 0 fully saturated rings. The molecule has 2 aromatic heterocycles. The van der Waals surface area contributed by atoms with Gasteiger partial charge in [-0.25, -0.2) is 9.97 Å². The van der Waals surface area contributed by atoms with Crippen molar-refractivity contribution < 1.29 is 0 Å². The van der Waals surface area contributed by atoms with Crippen molar-refractivity contribution in [1.29, 1.82) is 0 Å². The van der Waals surface area contributed by atoms with E-state index in [1.165, 1.54) is 0 Å². The number of hydrogen-bond donors (Lipinski definition) is 1. The summed E-state index contributed by atoms with van der Waals surface area (Å²) >= 11 is 0. The van der Waals surface area contributed by atoms with Crippen molar-refractivity contribution in [2.24, 2.45) is 7.05 Å². The fourth-order valence-electron chi connectivity index (χ4n) is 1.21. The van der Waals surface area contributed by atoms with Gasteiger partial charge in [0.25, 0.3) is 0 Å². The predicted octanol–water partition coefficient (Wildman–Crippen LogP) is 0.768. The van der Waals surface area contributed by atoms with Crippen molar-refractivity contribution in [1.82, 2.24) is 19.7 Å². The summed E-state index contributed by atoms with van der Waals surface area (Å²) in [7, 11) is 1.80. The van der Waals surface area contributed by atoms with Crippen LogP contribution in [0.4, 0.5) is 5.82 Å². The molecule has 5 nitrogen and oxygen atoms in total. The maximum Gasteiger partial charge on any atom is 0.125 e. The van der Waals surface area contributed by atoms with Crippen molar-refractivity contribution in [3.05, 3.63) is 24.2 Å². The van der Waals surface area contributed by atoms with Crippen molar-refractivity contribution in [2.75, 3.05) is 5.73 Å². The minimum atomic E-state index is 0.622. The Morgan fingerprint density at radius 2 is 2.14 bits per heavy atom. The van der Waals surface area contributed by atoms with E-state index in [1.54, 1.807) is 24.0 Å². The molecule has 2 heterocycles. The smallest absolute Gasteiger partial charge is 0.125 e. The first kappa shape index (κ1) is 8.68. The molecule has 5 heteroatoms. The van der Waals surface area contributed by atoms with Crippen LogP contribution in [0, 0.1) is 6.92 Å². The monoisotopic (exact) mass is 189 g/mol. The summed E-state index contributed by atoms with van der Waals surface area (Å²) in [6, 6.07) is 3.61. The Morgan fingerprint density at radius 3 is 2.71 bits per heavy atom. The molecule has 2 rings (SSSR count). The first-order chi connectivity index (χ1) is 6.66. The number of nitrogen functional groups attached to an aromatic ring is 1. The molecule has 72 valence electrons. The third-order valence-electron chi connectivity index (χ3n) is 1.95. The maximum atomic E-state index is 5.67. The minimum Gasteiger partial charge on any atom is -0.384 e. The summed E-state index contributed by atoms with van der Waals surface area (Å²) in [5.74, 6) is 1.35. The van der Waals surface area contributed by atoms with Crippen molar-refractivity contribution in [3.8, 4) is 11.4 Å². The van der Waals surface area contributed by atoms with Gasteiger partial charge in [0.05, 0.1) is 5.69 Å². The van der Waals surface area contributed by atoms with Crippen LogP contribution in [0.1, 0.15) is 5.82 Å². The highest BCUT2D eigenvalue weighted by atomic mass is 15.3. The molecule has 0 aliphatic carbocycles. The first-order valence-electron chi connectivity index (χ1n) is 4.26. The topological polar surface area (TPSA) is 69.6 Å². The molecular formula is C9H11N5. The van der Waals surface area contributed by atoms with E-state index in [1.807, 2.05) is 13.0 Å². The van der Waals surface area contributed by atoms with Crippen LogP contribution in [-0.4, -0.2) is 19.7 Å². The van der Waals surface area contributed by atoms with E-state index in [-0.39, 0.29) is 0 Å². The molecule has 0 atom stereocenters. The summed E-state index contributed by atoms with van der Waals surface area (Å²) in [5, 5.41) is 4.22. The van der Waals surface area contributed by atoms with E-state index < -0.39 is 0 Å². The highest BCUT2D eigenvalue weighted by molar-refractivity contribution is 5.57. The zero-order chi connectivity index (χ0) is 10.1. The van der Waals surface area contributed by atoms with E-state index in [2.05, 4.69) is 15.1 Å². The molecule has 0 bridgehead atoms. The zero-order valence-electron chi connectivity index (χ0n) is 8.10. The van der Waals surface area contributed by atoms with Gasteiger partial charge in [-0.3, -0.25) is 4.68 Å². The van der Waals surface area contributed by atoms with Crippen LogP contribution in [0.15, 0.2) is 18.3 Å². The predicted molar refractivity (Wildman–Crippen MR) is 53.4 cm³/mol. The fraction of sp³-hybridized carbons (Fsp3) is 0.222. The van der Waals surface area contributed by atoms with Crippen LogP contribution in [0.3, 0.4) is 0 Å². The number of rotatable bonds is 1. The van der Waals surface area contributed by atoms with Crippen molar-refractivity contribution in [3.63, 3.8) is 0 Å². The minimum absolute atomic E-state index is 0.622. The Morgan fingerprint density at radius 1 is 1.36 bits per heavy atom. The molecule has 0 saturated heterocycles. The second kappa shape index (κ2) is 3.10. The molecule has 14 heavy (non-hydrogen) atoms. The summed E-state index contributed by atoms with van der Waals surface area (Å²) in [6.45, 7) is 1.84. The molecule has 0 saturated carbocycles.